The molecule has 15 heavy (non-hydrogen) atoms. The van der Waals surface area contributed by atoms with E-state index in [2.05, 4.69) is 27.4 Å². The summed E-state index contributed by atoms with van der Waals surface area (Å²) in [6.45, 7) is 2.21. The van der Waals surface area contributed by atoms with Gasteiger partial charge in [0.05, 0.1) is 5.52 Å². The number of hydrogen-bond acceptors (Lipinski definition) is 4. The van der Waals surface area contributed by atoms with E-state index >= 15 is 0 Å². The molecule has 2 unspecified atom stereocenters. The smallest absolute Gasteiger partial charge is 0.243 e. The maximum atomic E-state index is 4.41. The molecule has 0 radical (unpaired) electrons. The molecule has 0 saturated heterocycles. The summed E-state index contributed by atoms with van der Waals surface area (Å²) in [6, 6.07) is 8.30. The maximum absolute atomic E-state index is 4.41. The van der Waals surface area contributed by atoms with E-state index in [1.807, 2.05) is 24.3 Å². The molecule has 4 heteroatoms. The van der Waals surface area contributed by atoms with Gasteiger partial charge in [0.15, 0.2) is 0 Å². The van der Waals surface area contributed by atoms with Crippen molar-refractivity contribution in [2.75, 3.05) is 5.32 Å². The summed E-state index contributed by atoms with van der Waals surface area (Å²) >= 11 is 0. The molecule has 1 aliphatic carbocycles. The van der Waals surface area contributed by atoms with Crippen LogP contribution < -0.4 is 5.32 Å². The summed E-state index contributed by atoms with van der Waals surface area (Å²) in [7, 11) is 0. The average molecular weight is 200 g/mol. The lowest BCUT2D eigenvalue weighted by Crippen LogP contribution is -2.08. The number of para-hydroxylation sites is 1. The lowest BCUT2D eigenvalue weighted by atomic mass is 10.3. The normalized spacial score (nSPS) is 24.1. The van der Waals surface area contributed by atoms with Crippen LogP contribution in [0.2, 0.25) is 0 Å². The minimum atomic E-state index is 0.535. The van der Waals surface area contributed by atoms with Crippen molar-refractivity contribution in [3.05, 3.63) is 24.3 Å². The molecule has 1 aromatic carbocycles. The summed E-state index contributed by atoms with van der Waals surface area (Å²) < 4.78 is 0. The van der Waals surface area contributed by atoms with Crippen LogP contribution >= 0.6 is 0 Å². The number of aromatic nitrogens is 3. The number of hydrogen-bond donors (Lipinski definition) is 1. The van der Waals surface area contributed by atoms with Gasteiger partial charge < -0.3 is 5.32 Å². The van der Waals surface area contributed by atoms with Crippen LogP contribution in [0.15, 0.2) is 24.3 Å². The van der Waals surface area contributed by atoms with E-state index in [4.69, 9.17) is 0 Å². The molecule has 1 saturated carbocycles. The second kappa shape index (κ2) is 3.15. The molecule has 0 spiro atoms. The molecule has 2 aromatic rings. The number of benzene rings is 1. The predicted octanol–water partition coefficient (Wildman–Crippen LogP) is 1.85. The standard InChI is InChI=1S/C11H12N4/c1-7-6-10(7)13-11-12-8-4-2-3-5-9(8)14-15-11/h2-5,7,10H,6H2,1H3,(H,12,13,15). The molecular weight excluding hydrogens is 188 g/mol. The molecule has 4 nitrogen and oxygen atoms in total. The Morgan fingerprint density at radius 3 is 2.67 bits per heavy atom. The molecule has 1 heterocycles. The van der Waals surface area contributed by atoms with Crippen LogP contribution in [0.1, 0.15) is 13.3 Å². The fourth-order valence-electron chi connectivity index (χ4n) is 1.63. The van der Waals surface area contributed by atoms with Gasteiger partial charge in [0.25, 0.3) is 0 Å². The van der Waals surface area contributed by atoms with E-state index in [-0.39, 0.29) is 0 Å². The van der Waals surface area contributed by atoms with Gasteiger partial charge >= 0.3 is 0 Å². The van der Waals surface area contributed by atoms with Gasteiger partial charge in [-0.15, -0.1) is 10.2 Å². The van der Waals surface area contributed by atoms with Gasteiger partial charge in [0.2, 0.25) is 5.95 Å². The second-order valence-corrected chi connectivity index (χ2v) is 4.09. The Labute approximate surface area is 87.7 Å². The van der Waals surface area contributed by atoms with Crippen LogP contribution in [0.25, 0.3) is 11.0 Å². The Kier molecular flexibility index (Phi) is 1.80. The van der Waals surface area contributed by atoms with Gasteiger partial charge in [-0.05, 0) is 24.5 Å². The van der Waals surface area contributed by atoms with Crippen LogP contribution in [-0.4, -0.2) is 21.2 Å². The monoisotopic (exact) mass is 200 g/mol. The summed E-state index contributed by atoms with van der Waals surface area (Å²) in [5, 5.41) is 11.4. The first-order chi connectivity index (χ1) is 7.33. The third-order valence-electron chi connectivity index (χ3n) is 2.78. The fraction of sp³-hybridized carbons (Fsp3) is 0.364. The van der Waals surface area contributed by atoms with Gasteiger partial charge in [-0.1, -0.05) is 19.1 Å². The molecule has 1 N–H and O–H groups in total. The van der Waals surface area contributed by atoms with Gasteiger partial charge in [-0.3, -0.25) is 0 Å². The highest BCUT2D eigenvalue weighted by Gasteiger charge is 2.33. The summed E-state index contributed by atoms with van der Waals surface area (Å²) in [5.41, 5.74) is 1.73. The van der Waals surface area contributed by atoms with Crippen LogP contribution in [0.3, 0.4) is 0 Å². The van der Waals surface area contributed by atoms with Crippen molar-refractivity contribution in [3.63, 3.8) is 0 Å². The Morgan fingerprint density at radius 1 is 1.20 bits per heavy atom. The van der Waals surface area contributed by atoms with E-state index in [1.165, 1.54) is 6.42 Å². The summed E-state index contributed by atoms with van der Waals surface area (Å²) in [4.78, 5) is 4.41. The Bertz CT molecular complexity index is 497. The van der Waals surface area contributed by atoms with Gasteiger partial charge in [-0.2, -0.15) is 0 Å². The van der Waals surface area contributed by atoms with Crippen molar-refractivity contribution in [1.29, 1.82) is 0 Å². The predicted molar refractivity (Wildman–Crippen MR) is 58.5 cm³/mol. The number of nitrogens with one attached hydrogen (secondary N) is 1. The number of anilines is 1. The van der Waals surface area contributed by atoms with E-state index in [9.17, 15) is 0 Å². The first-order valence-electron chi connectivity index (χ1n) is 5.19. The highest BCUT2D eigenvalue weighted by molar-refractivity contribution is 5.74. The number of nitrogens with zero attached hydrogens (tertiary/aromatic N) is 3. The molecule has 76 valence electrons. The van der Waals surface area contributed by atoms with E-state index in [0.717, 1.165) is 17.0 Å². The largest absolute Gasteiger partial charge is 0.350 e. The van der Waals surface area contributed by atoms with E-state index < -0.39 is 0 Å². The molecule has 3 rings (SSSR count). The fourth-order valence-corrected chi connectivity index (χ4v) is 1.63. The zero-order valence-corrected chi connectivity index (χ0v) is 8.51. The average Bonchev–Trinajstić information content (AvgIpc) is 2.94. The van der Waals surface area contributed by atoms with Crippen LogP contribution in [0.4, 0.5) is 5.95 Å². The van der Waals surface area contributed by atoms with Gasteiger partial charge in [0, 0.05) is 6.04 Å². The van der Waals surface area contributed by atoms with Crippen LogP contribution in [0.5, 0.6) is 0 Å². The van der Waals surface area contributed by atoms with Gasteiger partial charge in [0.1, 0.15) is 5.52 Å². The van der Waals surface area contributed by atoms with Crippen molar-refractivity contribution in [2.24, 2.45) is 5.92 Å². The summed E-state index contributed by atoms with van der Waals surface area (Å²) in [5.74, 6) is 1.38. The third kappa shape index (κ3) is 1.63. The third-order valence-corrected chi connectivity index (χ3v) is 2.78. The minimum absolute atomic E-state index is 0.535. The van der Waals surface area contributed by atoms with Crippen molar-refractivity contribution < 1.29 is 0 Å². The SMILES string of the molecule is CC1CC1Nc1nnc2ccccc2n1. The van der Waals surface area contributed by atoms with E-state index in [0.29, 0.717) is 12.0 Å². The Balaban J connectivity index is 1.92. The van der Waals surface area contributed by atoms with Crippen molar-refractivity contribution >= 4 is 17.0 Å². The molecule has 1 aromatic heterocycles. The molecule has 1 fully saturated rings. The van der Waals surface area contributed by atoms with Crippen molar-refractivity contribution in [1.82, 2.24) is 15.2 Å². The second-order valence-electron chi connectivity index (χ2n) is 4.09. The van der Waals surface area contributed by atoms with Crippen molar-refractivity contribution in [3.8, 4) is 0 Å². The molecule has 0 bridgehead atoms. The van der Waals surface area contributed by atoms with E-state index in [1.54, 1.807) is 0 Å². The minimum Gasteiger partial charge on any atom is -0.350 e. The number of rotatable bonds is 2. The van der Waals surface area contributed by atoms with Crippen molar-refractivity contribution in [2.45, 2.75) is 19.4 Å². The topological polar surface area (TPSA) is 50.7 Å². The highest BCUT2D eigenvalue weighted by atomic mass is 15.2. The summed E-state index contributed by atoms with van der Waals surface area (Å²) in [6.07, 6.45) is 1.20. The maximum Gasteiger partial charge on any atom is 0.243 e. The van der Waals surface area contributed by atoms with Gasteiger partial charge in [-0.25, -0.2) is 4.98 Å². The Hall–Kier alpha value is -1.71. The molecule has 1 aliphatic rings. The Morgan fingerprint density at radius 2 is 1.93 bits per heavy atom. The van der Waals surface area contributed by atoms with Crippen LogP contribution in [-0.2, 0) is 0 Å². The first-order valence-corrected chi connectivity index (χ1v) is 5.19. The first kappa shape index (κ1) is 8.59. The molecule has 2 atom stereocenters. The molecular formula is C11H12N4. The molecule has 0 amide bonds. The highest BCUT2D eigenvalue weighted by Crippen LogP contribution is 2.31. The zero-order valence-electron chi connectivity index (χ0n) is 8.51. The lowest BCUT2D eigenvalue weighted by molar-refractivity contribution is 0.902. The molecule has 0 aliphatic heterocycles. The van der Waals surface area contributed by atoms with Crippen LogP contribution in [0, 0.1) is 5.92 Å². The lowest BCUT2D eigenvalue weighted by Gasteiger charge is -2.02. The zero-order chi connectivity index (χ0) is 10.3. The number of fused-ring (bicyclic) bond motifs is 1. The quantitative estimate of drug-likeness (QED) is 0.803.